The fraction of sp³-hybridized carbons (Fsp3) is 0.353. The molecule has 1 aromatic heterocycles. The van der Waals surface area contributed by atoms with Gasteiger partial charge in [0.2, 0.25) is 5.91 Å². The molecular formula is C17H21NO4. The van der Waals surface area contributed by atoms with Crippen LogP contribution in [0, 0.1) is 6.92 Å². The number of carbonyl (C=O) groups excluding carboxylic acids is 1. The number of amides is 1. The van der Waals surface area contributed by atoms with E-state index in [1.165, 1.54) is 0 Å². The van der Waals surface area contributed by atoms with Gasteiger partial charge in [0.25, 0.3) is 0 Å². The average Bonchev–Trinajstić information content (AvgIpc) is 2.96. The molecule has 1 heterocycles. The number of aliphatic hydroxyl groups is 1. The summed E-state index contributed by atoms with van der Waals surface area (Å²) in [7, 11) is 1.59. The number of nitrogens with one attached hydrogen (secondary N) is 1. The van der Waals surface area contributed by atoms with Gasteiger partial charge in [-0.05, 0) is 36.8 Å². The molecule has 2 rings (SSSR count). The number of methoxy groups -OCH3 is 1. The first-order chi connectivity index (χ1) is 10.6. The van der Waals surface area contributed by atoms with E-state index in [-0.39, 0.29) is 12.5 Å². The second-order valence-corrected chi connectivity index (χ2v) is 5.11. The van der Waals surface area contributed by atoms with Gasteiger partial charge < -0.3 is 19.6 Å². The maximum absolute atomic E-state index is 11.8. The molecule has 0 aliphatic heterocycles. The molecule has 0 spiro atoms. The Bertz CT molecular complexity index is 603. The first kappa shape index (κ1) is 16.1. The Balaban J connectivity index is 1.74. The van der Waals surface area contributed by atoms with Crippen molar-refractivity contribution >= 4 is 5.91 Å². The van der Waals surface area contributed by atoms with Crippen LogP contribution < -0.4 is 10.1 Å². The number of aliphatic hydroxyl groups excluding tert-OH is 1. The highest BCUT2D eigenvalue weighted by atomic mass is 16.5. The van der Waals surface area contributed by atoms with Gasteiger partial charge in [0.1, 0.15) is 17.3 Å². The molecule has 0 saturated carbocycles. The Hall–Kier alpha value is -2.27. The molecule has 0 saturated heterocycles. The van der Waals surface area contributed by atoms with Crippen molar-refractivity contribution in [1.82, 2.24) is 5.32 Å². The third-order valence-corrected chi connectivity index (χ3v) is 3.39. The number of carbonyl (C=O) groups is 1. The van der Waals surface area contributed by atoms with Gasteiger partial charge in [-0.25, -0.2) is 0 Å². The summed E-state index contributed by atoms with van der Waals surface area (Å²) in [6.07, 6.45) is 0.154. The number of benzene rings is 1. The fourth-order valence-electron chi connectivity index (χ4n) is 2.10. The van der Waals surface area contributed by atoms with E-state index in [9.17, 15) is 9.90 Å². The number of furan rings is 1. The predicted octanol–water partition coefficient (Wildman–Crippen LogP) is 2.38. The molecule has 0 bridgehead atoms. The van der Waals surface area contributed by atoms with Gasteiger partial charge >= 0.3 is 0 Å². The zero-order valence-corrected chi connectivity index (χ0v) is 12.8. The highest BCUT2D eigenvalue weighted by Crippen LogP contribution is 2.17. The van der Waals surface area contributed by atoms with Crippen molar-refractivity contribution < 1.29 is 19.1 Å². The molecule has 22 heavy (non-hydrogen) atoms. The van der Waals surface area contributed by atoms with Crippen LogP contribution in [0.5, 0.6) is 5.75 Å². The van der Waals surface area contributed by atoms with Crippen molar-refractivity contribution in [3.8, 4) is 5.75 Å². The van der Waals surface area contributed by atoms with E-state index in [1.807, 2.05) is 19.1 Å². The van der Waals surface area contributed by atoms with E-state index in [0.717, 1.165) is 22.8 Å². The summed E-state index contributed by atoms with van der Waals surface area (Å²) in [6.45, 7) is 2.05. The van der Waals surface area contributed by atoms with Crippen molar-refractivity contribution in [2.45, 2.75) is 25.9 Å². The topological polar surface area (TPSA) is 71.7 Å². The first-order valence-electron chi connectivity index (χ1n) is 7.22. The lowest BCUT2D eigenvalue weighted by Gasteiger charge is -2.12. The van der Waals surface area contributed by atoms with Crippen LogP contribution in [0.15, 0.2) is 40.8 Å². The van der Waals surface area contributed by atoms with Crippen LogP contribution in [-0.2, 0) is 11.2 Å². The van der Waals surface area contributed by atoms with Crippen molar-refractivity contribution in [3.05, 3.63) is 53.5 Å². The quantitative estimate of drug-likeness (QED) is 0.824. The van der Waals surface area contributed by atoms with Crippen molar-refractivity contribution in [2.24, 2.45) is 0 Å². The third-order valence-electron chi connectivity index (χ3n) is 3.39. The normalized spacial score (nSPS) is 12.0. The Morgan fingerprint density at radius 1 is 1.27 bits per heavy atom. The van der Waals surface area contributed by atoms with Gasteiger partial charge in [0, 0.05) is 19.4 Å². The molecule has 2 N–H and O–H groups in total. The molecule has 1 atom stereocenters. The summed E-state index contributed by atoms with van der Waals surface area (Å²) in [5, 5.41) is 12.8. The monoisotopic (exact) mass is 303 g/mol. The number of ether oxygens (including phenoxy) is 1. The SMILES string of the molecule is COc1ccc(C(O)CNC(=O)CCc2ccc(C)o2)cc1. The first-order valence-corrected chi connectivity index (χ1v) is 7.22. The lowest BCUT2D eigenvalue weighted by molar-refractivity contribution is -0.121. The van der Waals surface area contributed by atoms with E-state index in [1.54, 1.807) is 31.4 Å². The van der Waals surface area contributed by atoms with E-state index in [0.29, 0.717) is 12.8 Å². The molecule has 0 aliphatic carbocycles. The molecule has 1 unspecified atom stereocenters. The van der Waals surface area contributed by atoms with Gasteiger partial charge in [-0.3, -0.25) is 4.79 Å². The Morgan fingerprint density at radius 2 is 2.00 bits per heavy atom. The Kier molecular flexibility index (Phi) is 5.61. The maximum Gasteiger partial charge on any atom is 0.220 e. The van der Waals surface area contributed by atoms with Crippen LogP contribution in [0.25, 0.3) is 0 Å². The molecule has 2 aromatic rings. The van der Waals surface area contributed by atoms with Crippen LogP contribution in [0.2, 0.25) is 0 Å². The molecule has 0 radical (unpaired) electrons. The van der Waals surface area contributed by atoms with Gasteiger partial charge in [-0.1, -0.05) is 12.1 Å². The van der Waals surface area contributed by atoms with Gasteiger partial charge in [-0.2, -0.15) is 0 Å². The molecule has 1 aromatic carbocycles. The second-order valence-electron chi connectivity index (χ2n) is 5.11. The van der Waals surface area contributed by atoms with Gasteiger partial charge in [-0.15, -0.1) is 0 Å². The number of hydrogen-bond acceptors (Lipinski definition) is 4. The number of rotatable bonds is 7. The third kappa shape index (κ3) is 4.63. The molecule has 5 heteroatoms. The summed E-state index contributed by atoms with van der Waals surface area (Å²) in [5.41, 5.74) is 0.739. The van der Waals surface area contributed by atoms with Crippen LogP contribution >= 0.6 is 0 Å². The lowest BCUT2D eigenvalue weighted by Crippen LogP contribution is -2.28. The van der Waals surface area contributed by atoms with Crippen molar-refractivity contribution in [2.75, 3.05) is 13.7 Å². The molecule has 118 valence electrons. The highest BCUT2D eigenvalue weighted by molar-refractivity contribution is 5.76. The number of aryl methyl sites for hydroxylation is 2. The standard InChI is InChI=1S/C17H21NO4/c1-12-3-6-15(22-12)9-10-17(20)18-11-16(19)13-4-7-14(21-2)8-5-13/h3-8,16,19H,9-11H2,1-2H3,(H,18,20). The highest BCUT2D eigenvalue weighted by Gasteiger charge is 2.10. The molecule has 1 amide bonds. The molecule has 0 fully saturated rings. The lowest BCUT2D eigenvalue weighted by atomic mass is 10.1. The average molecular weight is 303 g/mol. The van der Waals surface area contributed by atoms with Crippen molar-refractivity contribution in [1.29, 1.82) is 0 Å². The van der Waals surface area contributed by atoms with Crippen LogP contribution in [0.3, 0.4) is 0 Å². The minimum Gasteiger partial charge on any atom is -0.497 e. The minimum atomic E-state index is -0.735. The fourth-order valence-corrected chi connectivity index (χ4v) is 2.10. The summed E-state index contributed by atoms with van der Waals surface area (Å²) in [4.78, 5) is 11.8. The summed E-state index contributed by atoms with van der Waals surface area (Å²) in [5.74, 6) is 2.25. The zero-order chi connectivity index (χ0) is 15.9. The molecule has 0 aliphatic rings. The number of hydrogen-bond donors (Lipinski definition) is 2. The maximum atomic E-state index is 11.8. The molecule has 5 nitrogen and oxygen atoms in total. The van der Waals surface area contributed by atoms with E-state index in [4.69, 9.17) is 9.15 Å². The van der Waals surface area contributed by atoms with Crippen LogP contribution in [0.4, 0.5) is 0 Å². The van der Waals surface area contributed by atoms with Crippen LogP contribution in [0.1, 0.15) is 29.6 Å². The minimum absolute atomic E-state index is 0.110. The summed E-state index contributed by atoms with van der Waals surface area (Å²) >= 11 is 0. The zero-order valence-electron chi connectivity index (χ0n) is 12.8. The second kappa shape index (κ2) is 7.66. The largest absolute Gasteiger partial charge is 0.497 e. The van der Waals surface area contributed by atoms with Gasteiger partial charge in [0.05, 0.1) is 13.2 Å². The van der Waals surface area contributed by atoms with Gasteiger partial charge in [0.15, 0.2) is 0 Å². The Labute approximate surface area is 129 Å². The van der Waals surface area contributed by atoms with Crippen molar-refractivity contribution in [3.63, 3.8) is 0 Å². The smallest absolute Gasteiger partial charge is 0.220 e. The Morgan fingerprint density at radius 3 is 2.59 bits per heavy atom. The molecular weight excluding hydrogens is 282 g/mol. The van der Waals surface area contributed by atoms with E-state index >= 15 is 0 Å². The summed E-state index contributed by atoms with van der Waals surface area (Å²) in [6, 6.07) is 10.9. The van der Waals surface area contributed by atoms with E-state index in [2.05, 4.69) is 5.32 Å². The predicted molar refractivity (Wildman–Crippen MR) is 82.7 cm³/mol. The summed E-state index contributed by atoms with van der Waals surface area (Å²) < 4.78 is 10.5. The van der Waals surface area contributed by atoms with E-state index < -0.39 is 6.10 Å². The van der Waals surface area contributed by atoms with Crippen LogP contribution in [-0.4, -0.2) is 24.7 Å².